The van der Waals surface area contributed by atoms with Gasteiger partial charge in [-0.2, -0.15) is 0 Å². The van der Waals surface area contributed by atoms with Gasteiger partial charge in [0.05, 0.1) is 19.5 Å². The first-order valence-corrected chi connectivity index (χ1v) is 10.1. The number of hydrogen-bond donors (Lipinski definition) is 0. The predicted molar refractivity (Wildman–Crippen MR) is 115 cm³/mol. The summed E-state index contributed by atoms with van der Waals surface area (Å²) in [6, 6.07) is 12.8. The van der Waals surface area contributed by atoms with Crippen molar-refractivity contribution in [1.82, 2.24) is 9.55 Å². The second-order valence-electron chi connectivity index (χ2n) is 6.72. The van der Waals surface area contributed by atoms with E-state index in [4.69, 9.17) is 13.6 Å². The lowest BCUT2D eigenvalue weighted by Crippen LogP contribution is -2.21. The van der Waals surface area contributed by atoms with Gasteiger partial charge in [0.15, 0.2) is 0 Å². The largest absolute Gasteiger partial charge is 0.460 e. The summed E-state index contributed by atoms with van der Waals surface area (Å²) in [5.41, 5.74) is 2.02. The molecule has 0 atom stereocenters. The SMILES string of the molecule is CCOC(=O)c1oc2ccc(Br)cc2c1Cn1cnc2c(oc3ccccc32)c1=O. The molecule has 5 rings (SSSR count). The van der Waals surface area contributed by atoms with Gasteiger partial charge in [-0.1, -0.05) is 28.1 Å². The number of ether oxygens (including phenoxy) is 1. The van der Waals surface area contributed by atoms with Gasteiger partial charge in [0.2, 0.25) is 11.3 Å². The molecule has 2 aromatic carbocycles. The van der Waals surface area contributed by atoms with Gasteiger partial charge in [0.25, 0.3) is 5.56 Å². The van der Waals surface area contributed by atoms with Crippen molar-refractivity contribution in [3.8, 4) is 0 Å². The summed E-state index contributed by atoms with van der Waals surface area (Å²) in [6.07, 6.45) is 1.46. The van der Waals surface area contributed by atoms with Crippen LogP contribution in [0.2, 0.25) is 0 Å². The van der Waals surface area contributed by atoms with E-state index in [1.54, 1.807) is 19.1 Å². The highest BCUT2D eigenvalue weighted by Crippen LogP contribution is 2.30. The van der Waals surface area contributed by atoms with Crippen molar-refractivity contribution in [2.45, 2.75) is 13.5 Å². The van der Waals surface area contributed by atoms with Crippen molar-refractivity contribution >= 4 is 54.9 Å². The van der Waals surface area contributed by atoms with Crippen LogP contribution in [0.5, 0.6) is 0 Å². The number of hydrogen-bond acceptors (Lipinski definition) is 6. The van der Waals surface area contributed by atoms with Crippen LogP contribution in [0.25, 0.3) is 33.0 Å². The van der Waals surface area contributed by atoms with Crippen LogP contribution in [0.4, 0.5) is 0 Å². The summed E-state index contributed by atoms with van der Waals surface area (Å²) >= 11 is 3.44. The fourth-order valence-electron chi connectivity index (χ4n) is 3.54. The molecule has 0 spiro atoms. The number of furan rings is 2. The fraction of sp³-hybridized carbons (Fsp3) is 0.136. The highest BCUT2D eigenvalue weighted by molar-refractivity contribution is 9.10. The fourth-order valence-corrected chi connectivity index (χ4v) is 3.90. The summed E-state index contributed by atoms with van der Waals surface area (Å²) in [4.78, 5) is 30.0. The summed E-state index contributed by atoms with van der Waals surface area (Å²) in [5.74, 6) is -0.507. The number of rotatable bonds is 4. The summed E-state index contributed by atoms with van der Waals surface area (Å²) < 4.78 is 18.9. The molecule has 0 radical (unpaired) electrons. The molecule has 5 aromatic rings. The zero-order chi connectivity index (χ0) is 20.8. The first-order valence-electron chi connectivity index (χ1n) is 9.31. The van der Waals surface area contributed by atoms with Crippen molar-refractivity contribution in [3.05, 3.63) is 74.9 Å². The number of carbonyl (C=O) groups excluding carboxylic acids is 1. The van der Waals surface area contributed by atoms with Crippen molar-refractivity contribution in [2.75, 3.05) is 6.61 Å². The van der Waals surface area contributed by atoms with Crippen LogP contribution < -0.4 is 5.56 Å². The average molecular weight is 467 g/mol. The molecular formula is C22H15BrN2O5. The summed E-state index contributed by atoms with van der Waals surface area (Å²) in [5, 5.41) is 1.49. The second-order valence-corrected chi connectivity index (χ2v) is 7.64. The number of carbonyl (C=O) groups is 1. The molecule has 0 aliphatic carbocycles. The molecule has 0 aliphatic rings. The Bertz CT molecular complexity index is 1490. The van der Waals surface area contributed by atoms with Crippen LogP contribution in [0.15, 0.2) is 66.9 Å². The number of para-hydroxylation sites is 1. The van der Waals surface area contributed by atoms with Gasteiger partial charge >= 0.3 is 5.97 Å². The van der Waals surface area contributed by atoms with Gasteiger partial charge in [0, 0.05) is 20.8 Å². The normalized spacial score (nSPS) is 11.5. The Morgan fingerprint density at radius 1 is 1.13 bits per heavy atom. The van der Waals surface area contributed by atoms with E-state index in [0.29, 0.717) is 27.6 Å². The number of halogens is 1. The van der Waals surface area contributed by atoms with Crippen LogP contribution >= 0.6 is 15.9 Å². The van der Waals surface area contributed by atoms with Crippen LogP contribution in [0, 0.1) is 0 Å². The smallest absolute Gasteiger partial charge is 0.374 e. The predicted octanol–water partition coefficient (Wildman–Crippen LogP) is 4.88. The molecular weight excluding hydrogens is 452 g/mol. The maximum Gasteiger partial charge on any atom is 0.374 e. The molecule has 8 heteroatoms. The van der Waals surface area contributed by atoms with Gasteiger partial charge in [-0.05, 0) is 37.3 Å². The lowest BCUT2D eigenvalue weighted by molar-refractivity contribution is 0.0490. The molecule has 0 saturated heterocycles. The Labute approximate surface area is 178 Å². The average Bonchev–Trinajstić information content (AvgIpc) is 3.29. The molecule has 150 valence electrons. The van der Waals surface area contributed by atoms with E-state index in [2.05, 4.69) is 20.9 Å². The van der Waals surface area contributed by atoms with E-state index in [0.717, 1.165) is 9.86 Å². The van der Waals surface area contributed by atoms with Crippen LogP contribution in [-0.4, -0.2) is 22.1 Å². The molecule has 0 fully saturated rings. The quantitative estimate of drug-likeness (QED) is 0.351. The Morgan fingerprint density at radius 3 is 2.77 bits per heavy atom. The Morgan fingerprint density at radius 2 is 1.93 bits per heavy atom. The zero-order valence-electron chi connectivity index (χ0n) is 15.8. The topological polar surface area (TPSA) is 87.5 Å². The number of benzene rings is 2. The van der Waals surface area contributed by atoms with E-state index in [-0.39, 0.29) is 30.1 Å². The third-order valence-corrected chi connectivity index (χ3v) is 5.39. The minimum atomic E-state index is -0.578. The van der Waals surface area contributed by atoms with Gasteiger partial charge in [-0.25, -0.2) is 9.78 Å². The van der Waals surface area contributed by atoms with Gasteiger partial charge < -0.3 is 13.6 Å². The van der Waals surface area contributed by atoms with E-state index in [1.165, 1.54) is 10.9 Å². The van der Waals surface area contributed by atoms with Crippen molar-refractivity contribution in [3.63, 3.8) is 0 Å². The third kappa shape index (κ3) is 2.91. The number of aromatic nitrogens is 2. The minimum absolute atomic E-state index is 0.0709. The molecule has 0 saturated carbocycles. The molecule has 0 bridgehead atoms. The van der Waals surface area contributed by atoms with E-state index < -0.39 is 5.97 Å². The molecule has 0 unspecified atom stereocenters. The van der Waals surface area contributed by atoms with E-state index in [9.17, 15) is 9.59 Å². The lowest BCUT2D eigenvalue weighted by Gasteiger charge is -2.06. The molecule has 3 heterocycles. The van der Waals surface area contributed by atoms with Gasteiger partial charge in [0.1, 0.15) is 16.7 Å². The van der Waals surface area contributed by atoms with Crippen molar-refractivity contribution < 1.29 is 18.4 Å². The highest BCUT2D eigenvalue weighted by atomic mass is 79.9. The zero-order valence-corrected chi connectivity index (χ0v) is 17.4. The van der Waals surface area contributed by atoms with Crippen molar-refractivity contribution in [1.29, 1.82) is 0 Å². The van der Waals surface area contributed by atoms with Crippen LogP contribution in [-0.2, 0) is 11.3 Å². The first-order chi connectivity index (χ1) is 14.6. The summed E-state index contributed by atoms with van der Waals surface area (Å²) in [6.45, 7) is 2.02. The molecule has 30 heavy (non-hydrogen) atoms. The Balaban J connectivity index is 1.69. The van der Waals surface area contributed by atoms with Gasteiger partial charge in [-0.15, -0.1) is 0 Å². The number of nitrogens with zero attached hydrogens (tertiary/aromatic N) is 2. The molecule has 3 aromatic heterocycles. The van der Waals surface area contributed by atoms with E-state index in [1.807, 2.05) is 30.3 Å². The lowest BCUT2D eigenvalue weighted by atomic mass is 10.1. The van der Waals surface area contributed by atoms with Crippen molar-refractivity contribution in [2.24, 2.45) is 0 Å². The molecule has 0 amide bonds. The van der Waals surface area contributed by atoms with Crippen LogP contribution in [0.1, 0.15) is 23.0 Å². The van der Waals surface area contributed by atoms with Gasteiger partial charge in [-0.3, -0.25) is 9.36 Å². The maximum absolute atomic E-state index is 13.1. The van der Waals surface area contributed by atoms with E-state index >= 15 is 0 Å². The first kappa shape index (κ1) is 18.6. The second kappa shape index (κ2) is 7.14. The monoisotopic (exact) mass is 466 g/mol. The molecule has 0 N–H and O–H groups in total. The number of esters is 1. The maximum atomic E-state index is 13.1. The summed E-state index contributed by atoms with van der Waals surface area (Å²) in [7, 11) is 0. The molecule has 0 aliphatic heterocycles. The van der Waals surface area contributed by atoms with Crippen LogP contribution in [0.3, 0.4) is 0 Å². The Hall–Kier alpha value is -3.39. The Kier molecular flexibility index (Phi) is 4.43. The highest BCUT2D eigenvalue weighted by Gasteiger charge is 2.23. The standard InChI is InChI=1S/C22H15BrN2O5/c1-2-28-22(27)19-15(14-9-12(23)7-8-17(14)29-19)10-25-11-24-18-13-5-3-4-6-16(13)30-20(18)21(25)26/h3-9,11H,2,10H2,1H3. The number of fused-ring (bicyclic) bond motifs is 4. The molecule has 7 nitrogen and oxygen atoms in total. The minimum Gasteiger partial charge on any atom is -0.460 e. The third-order valence-electron chi connectivity index (χ3n) is 4.89.